The average Bonchev–Trinajstić information content (AvgIpc) is 2.97. The summed E-state index contributed by atoms with van der Waals surface area (Å²) in [6.07, 6.45) is 5.29. The molecule has 1 aliphatic carbocycles. The summed E-state index contributed by atoms with van der Waals surface area (Å²) in [7, 11) is 0. The standard InChI is InChI=1S/C15H22O3S/c1-2-11-5-6-13(19-11)12(16)9-15(10-14(17)18)7-3-4-8-15/h5-6,12,16H,2-4,7-10H2,1H3,(H,17,18). The largest absolute Gasteiger partial charge is 0.481 e. The van der Waals surface area contributed by atoms with Crippen LogP contribution in [0.25, 0.3) is 0 Å². The number of carboxylic acids is 1. The molecule has 1 heterocycles. The van der Waals surface area contributed by atoms with E-state index in [1.807, 2.05) is 6.07 Å². The Kier molecular flexibility index (Phi) is 4.63. The first-order valence-corrected chi connectivity index (χ1v) is 7.85. The lowest BCUT2D eigenvalue weighted by molar-refractivity contribution is -0.140. The molecule has 0 radical (unpaired) electrons. The molecule has 0 saturated heterocycles. The van der Waals surface area contributed by atoms with Crippen LogP contribution in [0.1, 0.15) is 61.3 Å². The Morgan fingerprint density at radius 3 is 2.63 bits per heavy atom. The zero-order valence-electron chi connectivity index (χ0n) is 11.4. The van der Waals surface area contributed by atoms with Crippen molar-refractivity contribution < 1.29 is 15.0 Å². The normalized spacial score (nSPS) is 19.5. The Labute approximate surface area is 118 Å². The van der Waals surface area contributed by atoms with Gasteiger partial charge in [0.05, 0.1) is 12.5 Å². The van der Waals surface area contributed by atoms with Gasteiger partial charge in [-0.1, -0.05) is 19.8 Å². The smallest absolute Gasteiger partial charge is 0.303 e. The third-order valence-electron chi connectivity index (χ3n) is 4.18. The molecule has 0 bridgehead atoms. The molecular weight excluding hydrogens is 260 g/mol. The van der Waals surface area contributed by atoms with E-state index >= 15 is 0 Å². The van der Waals surface area contributed by atoms with Gasteiger partial charge in [-0.15, -0.1) is 11.3 Å². The van der Waals surface area contributed by atoms with Crippen LogP contribution in [-0.2, 0) is 11.2 Å². The van der Waals surface area contributed by atoms with Crippen LogP contribution < -0.4 is 0 Å². The maximum absolute atomic E-state index is 11.0. The van der Waals surface area contributed by atoms with Crippen LogP contribution in [0.3, 0.4) is 0 Å². The van der Waals surface area contributed by atoms with Gasteiger partial charge in [0, 0.05) is 9.75 Å². The number of aliphatic carboxylic acids is 1. The van der Waals surface area contributed by atoms with Gasteiger partial charge in [-0.3, -0.25) is 4.79 Å². The van der Waals surface area contributed by atoms with E-state index in [-0.39, 0.29) is 11.8 Å². The number of rotatable bonds is 6. The third kappa shape index (κ3) is 3.57. The zero-order chi connectivity index (χ0) is 13.9. The number of carboxylic acid groups (broad SMARTS) is 1. The molecule has 0 aliphatic heterocycles. The van der Waals surface area contributed by atoms with Gasteiger partial charge in [-0.25, -0.2) is 0 Å². The topological polar surface area (TPSA) is 57.5 Å². The molecule has 0 amide bonds. The van der Waals surface area contributed by atoms with Crippen molar-refractivity contribution in [2.24, 2.45) is 5.41 Å². The molecule has 1 aromatic rings. The first-order chi connectivity index (χ1) is 9.04. The SMILES string of the molecule is CCc1ccc(C(O)CC2(CC(=O)O)CCCC2)s1. The highest BCUT2D eigenvalue weighted by Gasteiger charge is 2.38. The van der Waals surface area contributed by atoms with Crippen molar-refractivity contribution in [3.05, 3.63) is 21.9 Å². The van der Waals surface area contributed by atoms with Crippen molar-refractivity contribution >= 4 is 17.3 Å². The third-order valence-corrected chi connectivity index (χ3v) is 5.51. The number of carbonyl (C=O) groups is 1. The van der Waals surface area contributed by atoms with Crippen LogP contribution in [0.15, 0.2) is 12.1 Å². The first-order valence-electron chi connectivity index (χ1n) is 7.03. The zero-order valence-corrected chi connectivity index (χ0v) is 12.2. The summed E-state index contributed by atoms with van der Waals surface area (Å²) in [6.45, 7) is 2.10. The predicted octanol–water partition coefficient (Wildman–Crippen LogP) is 3.77. The van der Waals surface area contributed by atoms with E-state index in [0.29, 0.717) is 6.42 Å². The van der Waals surface area contributed by atoms with Gasteiger partial charge in [-0.2, -0.15) is 0 Å². The monoisotopic (exact) mass is 282 g/mol. The van der Waals surface area contributed by atoms with Crippen LogP contribution in [0.4, 0.5) is 0 Å². The summed E-state index contributed by atoms with van der Waals surface area (Å²) in [5.74, 6) is -0.741. The molecule has 3 nitrogen and oxygen atoms in total. The Balaban J connectivity index is 2.06. The highest BCUT2D eigenvalue weighted by atomic mass is 32.1. The number of hydrogen-bond donors (Lipinski definition) is 2. The molecule has 19 heavy (non-hydrogen) atoms. The summed E-state index contributed by atoms with van der Waals surface area (Å²) in [5.41, 5.74) is -0.193. The van der Waals surface area contributed by atoms with Gasteiger partial charge in [-0.05, 0) is 43.2 Å². The van der Waals surface area contributed by atoms with Gasteiger partial charge < -0.3 is 10.2 Å². The minimum absolute atomic E-state index is 0.191. The predicted molar refractivity (Wildman–Crippen MR) is 76.4 cm³/mol. The fourth-order valence-corrected chi connectivity index (χ4v) is 4.11. The van der Waals surface area contributed by atoms with Gasteiger partial charge >= 0.3 is 5.97 Å². The molecule has 0 aromatic carbocycles. The summed E-state index contributed by atoms with van der Waals surface area (Å²) >= 11 is 1.64. The highest BCUT2D eigenvalue weighted by Crippen LogP contribution is 2.47. The molecule has 1 aromatic heterocycles. The lowest BCUT2D eigenvalue weighted by Gasteiger charge is -2.29. The molecule has 4 heteroatoms. The number of aliphatic hydroxyl groups excluding tert-OH is 1. The summed E-state index contributed by atoms with van der Waals surface area (Å²) in [6, 6.07) is 4.04. The Hall–Kier alpha value is -0.870. The molecular formula is C15H22O3S. The van der Waals surface area contributed by atoms with Gasteiger partial charge in [0.15, 0.2) is 0 Å². The van der Waals surface area contributed by atoms with Crippen LogP contribution in [0.2, 0.25) is 0 Å². The van der Waals surface area contributed by atoms with Crippen molar-refractivity contribution in [3.8, 4) is 0 Å². The fourth-order valence-electron chi connectivity index (χ4n) is 3.17. The maximum atomic E-state index is 11.0. The average molecular weight is 282 g/mol. The quantitative estimate of drug-likeness (QED) is 0.835. The first kappa shape index (κ1) is 14.5. The fraction of sp³-hybridized carbons (Fsp3) is 0.667. The molecule has 1 saturated carbocycles. The van der Waals surface area contributed by atoms with E-state index in [4.69, 9.17) is 5.11 Å². The Bertz CT molecular complexity index is 432. The second-order valence-corrected chi connectivity index (χ2v) is 6.86. The van der Waals surface area contributed by atoms with Crippen molar-refractivity contribution in [2.75, 3.05) is 0 Å². The highest BCUT2D eigenvalue weighted by molar-refractivity contribution is 7.12. The second kappa shape index (κ2) is 6.06. The molecule has 1 atom stereocenters. The molecule has 0 spiro atoms. The van der Waals surface area contributed by atoms with Crippen molar-refractivity contribution in [1.82, 2.24) is 0 Å². The van der Waals surface area contributed by atoms with Crippen LogP contribution >= 0.6 is 11.3 Å². The number of aryl methyl sites for hydroxylation is 1. The van der Waals surface area contributed by atoms with E-state index in [9.17, 15) is 9.90 Å². The van der Waals surface area contributed by atoms with E-state index in [1.54, 1.807) is 11.3 Å². The minimum Gasteiger partial charge on any atom is -0.481 e. The molecule has 1 fully saturated rings. The van der Waals surface area contributed by atoms with E-state index in [2.05, 4.69) is 13.0 Å². The van der Waals surface area contributed by atoms with Gasteiger partial charge in [0.1, 0.15) is 0 Å². The lowest BCUT2D eigenvalue weighted by atomic mass is 9.77. The van der Waals surface area contributed by atoms with Crippen LogP contribution in [-0.4, -0.2) is 16.2 Å². The van der Waals surface area contributed by atoms with Gasteiger partial charge in [0.2, 0.25) is 0 Å². The lowest BCUT2D eigenvalue weighted by Crippen LogP contribution is -2.23. The van der Waals surface area contributed by atoms with Crippen LogP contribution in [0, 0.1) is 5.41 Å². The Morgan fingerprint density at radius 1 is 1.42 bits per heavy atom. The van der Waals surface area contributed by atoms with Crippen LogP contribution in [0.5, 0.6) is 0 Å². The molecule has 1 unspecified atom stereocenters. The van der Waals surface area contributed by atoms with Gasteiger partial charge in [0.25, 0.3) is 0 Å². The van der Waals surface area contributed by atoms with Crippen molar-refractivity contribution in [3.63, 3.8) is 0 Å². The molecule has 2 rings (SSSR count). The summed E-state index contributed by atoms with van der Waals surface area (Å²) < 4.78 is 0. The number of aliphatic hydroxyl groups is 1. The summed E-state index contributed by atoms with van der Waals surface area (Å²) in [5, 5.41) is 19.5. The second-order valence-electron chi connectivity index (χ2n) is 5.66. The number of hydrogen-bond acceptors (Lipinski definition) is 3. The van der Waals surface area contributed by atoms with E-state index in [1.165, 1.54) is 4.88 Å². The van der Waals surface area contributed by atoms with E-state index < -0.39 is 12.1 Å². The molecule has 1 aliphatic rings. The van der Waals surface area contributed by atoms with E-state index in [0.717, 1.165) is 37.0 Å². The maximum Gasteiger partial charge on any atom is 0.303 e. The summed E-state index contributed by atoms with van der Waals surface area (Å²) in [4.78, 5) is 13.3. The molecule has 2 N–H and O–H groups in total. The van der Waals surface area contributed by atoms with Crippen molar-refractivity contribution in [1.29, 1.82) is 0 Å². The van der Waals surface area contributed by atoms with Crippen molar-refractivity contribution in [2.45, 2.75) is 58.0 Å². The Morgan fingerprint density at radius 2 is 2.11 bits per heavy atom. The number of thiophene rings is 1. The minimum atomic E-state index is -0.741. The molecule has 106 valence electrons.